The van der Waals surface area contributed by atoms with Gasteiger partial charge in [-0.25, -0.2) is 13.8 Å². The monoisotopic (exact) mass is 423 g/mol. The van der Waals surface area contributed by atoms with Crippen LogP contribution >= 0.6 is 11.8 Å². The Balaban J connectivity index is 1.74. The first kappa shape index (κ1) is 21.7. The number of thioether (sulfide) groups is 1. The van der Waals surface area contributed by atoms with Crippen molar-refractivity contribution in [3.8, 4) is 0 Å². The number of nitrogens with zero attached hydrogens (tertiary/aromatic N) is 4. The third-order valence-corrected chi connectivity index (χ3v) is 6.28. The van der Waals surface area contributed by atoms with Crippen molar-refractivity contribution in [2.45, 2.75) is 29.4 Å². The first-order valence-electron chi connectivity index (χ1n) is 9.58. The maximum atomic E-state index is 14.2. The Kier molecular flexibility index (Phi) is 7.26. The number of amides is 1. The molecule has 2 aromatic rings. The highest BCUT2D eigenvalue weighted by molar-refractivity contribution is 7.99. The van der Waals surface area contributed by atoms with Crippen molar-refractivity contribution in [1.82, 2.24) is 24.7 Å². The van der Waals surface area contributed by atoms with Gasteiger partial charge in [0.1, 0.15) is 11.6 Å². The summed E-state index contributed by atoms with van der Waals surface area (Å²) in [6.07, 6.45) is 4.20. The zero-order valence-electron chi connectivity index (χ0n) is 16.9. The summed E-state index contributed by atoms with van der Waals surface area (Å²) in [4.78, 5) is 21.0. The molecule has 0 saturated carbocycles. The standard InChI is InChI=1S/C20H27F2N5OS/c1-25(2)9-7-23-19(28)18-11-14(29-20-24-8-10-26(20)3)12-27(18)13-15-16(21)5-4-6-17(15)22/h4-6,8,10,14,18H,7,9,11-13H2,1-3H3,(H,23,28)/t14-,18+/m1/s1. The van der Waals surface area contributed by atoms with Gasteiger partial charge in [0.15, 0.2) is 5.16 Å². The molecule has 1 amide bonds. The van der Waals surface area contributed by atoms with Crippen molar-refractivity contribution in [2.24, 2.45) is 7.05 Å². The topological polar surface area (TPSA) is 53.4 Å². The summed E-state index contributed by atoms with van der Waals surface area (Å²) in [6, 6.07) is 3.42. The third kappa shape index (κ3) is 5.55. The highest BCUT2D eigenvalue weighted by Crippen LogP contribution is 2.33. The fraction of sp³-hybridized carbons (Fsp3) is 0.500. The number of benzene rings is 1. The summed E-state index contributed by atoms with van der Waals surface area (Å²) in [7, 11) is 5.80. The molecule has 1 aliphatic rings. The van der Waals surface area contributed by atoms with E-state index in [0.29, 0.717) is 19.5 Å². The van der Waals surface area contributed by atoms with Crippen LogP contribution in [-0.2, 0) is 18.4 Å². The number of halogens is 2. The van der Waals surface area contributed by atoms with Crippen LogP contribution in [0.25, 0.3) is 0 Å². The summed E-state index contributed by atoms with van der Waals surface area (Å²) >= 11 is 1.59. The first-order valence-corrected chi connectivity index (χ1v) is 10.5. The number of hydrogen-bond acceptors (Lipinski definition) is 5. The van der Waals surface area contributed by atoms with E-state index in [4.69, 9.17) is 0 Å². The molecule has 1 N–H and O–H groups in total. The molecule has 0 spiro atoms. The van der Waals surface area contributed by atoms with Crippen LogP contribution in [0.4, 0.5) is 8.78 Å². The highest BCUT2D eigenvalue weighted by Gasteiger charge is 2.38. The van der Waals surface area contributed by atoms with E-state index in [1.807, 2.05) is 41.7 Å². The van der Waals surface area contributed by atoms with Crippen LogP contribution in [0.5, 0.6) is 0 Å². The van der Waals surface area contributed by atoms with Gasteiger partial charge in [0, 0.05) is 56.4 Å². The Bertz CT molecular complexity index is 824. The lowest BCUT2D eigenvalue weighted by molar-refractivity contribution is -0.125. The van der Waals surface area contributed by atoms with Gasteiger partial charge in [-0.2, -0.15) is 0 Å². The molecular formula is C20H27F2N5OS. The minimum Gasteiger partial charge on any atom is -0.353 e. The highest BCUT2D eigenvalue weighted by atomic mass is 32.2. The van der Waals surface area contributed by atoms with Gasteiger partial charge in [-0.1, -0.05) is 17.8 Å². The quantitative estimate of drug-likeness (QED) is 0.705. The van der Waals surface area contributed by atoms with E-state index in [2.05, 4.69) is 10.3 Å². The number of aryl methyl sites for hydroxylation is 1. The molecule has 0 unspecified atom stereocenters. The van der Waals surface area contributed by atoms with E-state index in [1.165, 1.54) is 18.2 Å². The summed E-state index contributed by atoms with van der Waals surface area (Å²) in [5.74, 6) is -1.28. The smallest absolute Gasteiger partial charge is 0.237 e. The number of carbonyl (C=O) groups excluding carboxylic acids is 1. The van der Waals surface area contributed by atoms with Gasteiger partial charge in [-0.15, -0.1) is 0 Å². The largest absolute Gasteiger partial charge is 0.353 e. The normalized spacial score (nSPS) is 19.8. The molecule has 158 valence electrons. The lowest BCUT2D eigenvalue weighted by atomic mass is 10.1. The average Bonchev–Trinajstić information content (AvgIpc) is 3.24. The van der Waals surface area contributed by atoms with Crippen molar-refractivity contribution < 1.29 is 13.6 Å². The van der Waals surface area contributed by atoms with Gasteiger partial charge in [-0.05, 0) is 32.6 Å². The van der Waals surface area contributed by atoms with Crippen LogP contribution in [-0.4, -0.2) is 70.3 Å². The molecule has 1 saturated heterocycles. The van der Waals surface area contributed by atoms with Gasteiger partial charge in [0.2, 0.25) is 5.91 Å². The molecule has 29 heavy (non-hydrogen) atoms. The number of imidazole rings is 1. The minimum atomic E-state index is -0.586. The van der Waals surface area contributed by atoms with Crippen LogP contribution in [0, 0.1) is 11.6 Å². The maximum Gasteiger partial charge on any atom is 0.237 e. The molecule has 1 aromatic carbocycles. The van der Waals surface area contributed by atoms with E-state index in [9.17, 15) is 13.6 Å². The fourth-order valence-electron chi connectivity index (χ4n) is 3.42. The van der Waals surface area contributed by atoms with Crippen LogP contribution in [0.1, 0.15) is 12.0 Å². The maximum absolute atomic E-state index is 14.2. The first-order chi connectivity index (χ1) is 13.8. The van der Waals surface area contributed by atoms with Crippen molar-refractivity contribution in [3.05, 3.63) is 47.8 Å². The number of hydrogen-bond donors (Lipinski definition) is 1. The molecule has 0 bridgehead atoms. The Morgan fingerprint density at radius 1 is 1.34 bits per heavy atom. The number of carbonyl (C=O) groups is 1. The summed E-state index contributed by atoms with van der Waals surface area (Å²) < 4.78 is 30.3. The Labute approximate surface area is 174 Å². The second kappa shape index (κ2) is 9.69. The predicted octanol–water partition coefficient (Wildman–Crippen LogP) is 2.11. The summed E-state index contributed by atoms with van der Waals surface area (Å²) in [6.45, 7) is 1.87. The molecule has 1 aliphatic heterocycles. The molecule has 3 rings (SSSR count). The molecule has 9 heteroatoms. The molecule has 0 radical (unpaired) electrons. The second-order valence-corrected chi connectivity index (χ2v) is 8.80. The van der Waals surface area contributed by atoms with Crippen LogP contribution < -0.4 is 5.32 Å². The molecular weight excluding hydrogens is 396 g/mol. The zero-order chi connectivity index (χ0) is 21.0. The van der Waals surface area contributed by atoms with Gasteiger partial charge in [0.05, 0.1) is 6.04 Å². The molecule has 1 fully saturated rings. The fourth-order valence-corrected chi connectivity index (χ4v) is 4.61. The van der Waals surface area contributed by atoms with E-state index in [0.717, 1.165) is 11.7 Å². The molecule has 6 nitrogen and oxygen atoms in total. The van der Waals surface area contributed by atoms with Gasteiger partial charge in [0.25, 0.3) is 0 Å². The number of likely N-dealkylation sites (tertiary alicyclic amines) is 1. The molecule has 1 aromatic heterocycles. The zero-order valence-corrected chi connectivity index (χ0v) is 17.8. The second-order valence-electron chi connectivity index (χ2n) is 7.54. The third-order valence-electron chi connectivity index (χ3n) is 5.00. The Morgan fingerprint density at radius 2 is 2.07 bits per heavy atom. The van der Waals surface area contributed by atoms with Crippen molar-refractivity contribution in [2.75, 3.05) is 33.7 Å². The molecule has 2 heterocycles. The number of rotatable bonds is 8. The van der Waals surface area contributed by atoms with Crippen LogP contribution in [0.15, 0.2) is 35.7 Å². The van der Waals surface area contributed by atoms with Crippen LogP contribution in [0.2, 0.25) is 0 Å². The van der Waals surface area contributed by atoms with Crippen molar-refractivity contribution in [1.29, 1.82) is 0 Å². The number of nitrogens with one attached hydrogen (secondary N) is 1. The lowest BCUT2D eigenvalue weighted by Gasteiger charge is -2.24. The van der Waals surface area contributed by atoms with Gasteiger partial charge in [-0.3, -0.25) is 9.69 Å². The summed E-state index contributed by atoms with van der Waals surface area (Å²) in [5.41, 5.74) is 0.00114. The van der Waals surface area contributed by atoms with E-state index in [1.54, 1.807) is 18.0 Å². The van der Waals surface area contributed by atoms with Gasteiger partial charge >= 0.3 is 0 Å². The van der Waals surface area contributed by atoms with Crippen molar-refractivity contribution >= 4 is 17.7 Å². The summed E-state index contributed by atoms with van der Waals surface area (Å²) in [5, 5.41) is 3.92. The minimum absolute atomic E-state index is 0.00114. The molecule has 2 atom stereocenters. The van der Waals surface area contributed by atoms with E-state index in [-0.39, 0.29) is 23.3 Å². The predicted molar refractivity (Wildman–Crippen MR) is 110 cm³/mol. The SMILES string of the molecule is CN(C)CCNC(=O)[C@@H]1C[C@@H](Sc2nccn2C)CN1Cc1c(F)cccc1F. The van der Waals surface area contributed by atoms with Gasteiger partial charge < -0.3 is 14.8 Å². The molecule has 0 aliphatic carbocycles. The van der Waals surface area contributed by atoms with Crippen LogP contribution in [0.3, 0.4) is 0 Å². The average molecular weight is 424 g/mol. The lowest BCUT2D eigenvalue weighted by Crippen LogP contribution is -2.44. The van der Waals surface area contributed by atoms with Crippen molar-refractivity contribution in [3.63, 3.8) is 0 Å². The van der Waals surface area contributed by atoms with E-state index < -0.39 is 17.7 Å². The Morgan fingerprint density at radius 3 is 2.69 bits per heavy atom. The Hall–Kier alpha value is -1.97. The van der Waals surface area contributed by atoms with E-state index >= 15 is 0 Å². The number of likely N-dealkylation sites (N-methyl/N-ethyl adjacent to an activating group) is 1. The number of aromatic nitrogens is 2.